The van der Waals surface area contributed by atoms with Gasteiger partial charge in [0.1, 0.15) is 12.4 Å². The number of ether oxygens (including phenoxy) is 3. The number of nitrogens with zero attached hydrogens (tertiary/aromatic N) is 3. The van der Waals surface area contributed by atoms with Crippen LogP contribution in [0.3, 0.4) is 0 Å². The van der Waals surface area contributed by atoms with Crippen LogP contribution in [0, 0.1) is 0 Å². The number of methoxy groups -OCH3 is 2. The first-order valence-electron chi connectivity index (χ1n) is 13.4. The number of nitrogens with one attached hydrogen (secondary N) is 2. The predicted octanol–water partition coefficient (Wildman–Crippen LogP) is 1.85. The molecule has 0 unspecified atom stereocenters. The SMILES string of the molecule is CC.COC(=O)CC(CC(=O)OC)NCCOc1ccc(CCCCN=C(N)NC(=O)c2nc(Cl)c(N)nc2N)cc1. The number of hydrogen-bond acceptors (Lipinski definition) is 12. The van der Waals surface area contributed by atoms with Crippen LogP contribution in [0.4, 0.5) is 11.6 Å². The molecule has 1 aromatic heterocycles. The predicted molar refractivity (Wildman–Crippen MR) is 161 cm³/mol. The lowest BCUT2D eigenvalue weighted by Gasteiger charge is -2.16. The summed E-state index contributed by atoms with van der Waals surface area (Å²) in [7, 11) is 2.59. The Hall–Kier alpha value is -4.17. The van der Waals surface area contributed by atoms with Crippen LogP contribution in [-0.4, -0.2) is 73.7 Å². The summed E-state index contributed by atoms with van der Waals surface area (Å²) in [6, 6.07) is 7.29. The fourth-order valence-corrected chi connectivity index (χ4v) is 3.56. The van der Waals surface area contributed by atoms with Crippen LogP contribution in [0.2, 0.25) is 5.15 Å². The Kier molecular flexibility index (Phi) is 16.9. The van der Waals surface area contributed by atoms with Gasteiger partial charge in [0.15, 0.2) is 28.4 Å². The number of benzene rings is 1. The van der Waals surface area contributed by atoms with E-state index in [1.165, 1.54) is 14.2 Å². The first-order chi connectivity index (χ1) is 20.1. The van der Waals surface area contributed by atoms with Gasteiger partial charge in [-0.2, -0.15) is 0 Å². The summed E-state index contributed by atoms with van der Waals surface area (Å²) in [5.41, 5.74) is 17.9. The molecule has 0 fully saturated rings. The van der Waals surface area contributed by atoms with E-state index in [0.717, 1.165) is 24.8 Å². The van der Waals surface area contributed by atoms with Crippen molar-refractivity contribution in [3.05, 3.63) is 40.7 Å². The average Bonchev–Trinajstić information content (AvgIpc) is 2.98. The van der Waals surface area contributed by atoms with Gasteiger partial charge in [0.05, 0.1) is 27.1 Å². The van der Waals surface area contributed by atoms with Crippen LogP contribution >= 0.6 is 11.6 Å². The highest BCUT2D eigenvalue weighted by Crippen LogP contribution is 2.17. The number of aliphatic imine (C=N–C) groups is 1. The number of guanidine groups is 1. The number of carbonyl (C=O) groups is 3. The topological polar surface area (TPSA) is 219 Å². The Balaban J connectivity index is 0.00000431. The molecule has 0 saturated carbocycles. The number of aromatic nitrogens is 2. The molecular formula is C27H41ClN8O6. The lowest BCUT2D eigenvalue weighted by atomic mass is 10.1. The molecule has 0 saturated heterocycles. The third-order valence-electron chi connectivity index (χ3n) is 5.53. The summed E-state index contributed by atoms with van der Waals surface area (Å²) in [5.74, 6) is -1.13. The first kappa shape index (κ1) is 35.9. The smallest absolute Gasteiger partial charge is 0.307 e. The lowest BCUT2D eigenvalue weighted by Crippen LogP contribution is -2.38. The molecule has 0 aliphatic carbocycles. The number of esters is 2. The van der Waals surface area contributed by atoms with Gasteiger partial charge in [-0.15, -0.1) is 0 Å². The zero-order valence-electron chi connectivity index (χ0n) is 24.4. The van der Waals surface area contributed by atoms with Gasteiger partial charge in [-0.3, -0.25) is 24.7 Å². The van der Waals surface area contributed by atoms with Crippen molar-refractivity contribution in [1.29, 1.82) is 0 Å². The van der Waals surface area contributed by atoms with Gasteiger partial charge in [-0.05, 0) is 37.0 Å². The van der Waals surface area contributed by atoms with Gasteiger partial charge < -0.3 is 36.7 Å². The van der Waals surface area contributed by atoms with E-state index in [1.54, 1.807) is 0 Å². The van der Waals surface area contributed by atoms with Crippen molar-refractivity contribution in [3.8, 4) is 5.75 Å². The molecule has 15 heteroatoms. The second-order valence-corrected chi connectivity index (χ2v) is 8.87. The van der Waals surface area contributed by atoms with Gasteiger partial charge in [0.2, 0.25) is 0 Å². The number of aryl methyl sites for hydroxylation is 1. The first-order valence-corrected chi connectivity index (χ1v) is 13.8. The van der Waals surface area contributed by atoms with Crippen LogP contribution < -0.4 is 32.6 Å². The Morgan fingerprint density at radius 1 is 0.976 bits per heavy atom. The quantitative estimate of drug-likeness (QED) is 0.0846. The number of nitrogens with two attached hydrogens (primary N) is 3. The molecule has 0 radical (unpaired) electrons. The zero-order valence-corrected chi connectivity index (χ0v) is 25.2. The third kappa shape index (κ3) is 13.5. The maximum atomic E-state index is 12.3. The van der Waals surface area contributed by atoms with Crippen LogP contribution in [0.15, 0.2) is 29.3 Å². The molecule has 1 heterocycles. The maximum Gasteiger partial charge on any atom is 0.307 e. The van der Waals surface area contributed by atoms with Gasteiger partial charge in [0.25, 0.3) is 5.91 Å². The van der Waals surface area contributed by atoms with Crippen LogP contribution in [0.5, 0.6) is 5.75 Å². The van der Waals surface area contributed by atoms with Gasteiger partial charge in [0, 0.05) is 19.1 Å². The zero-order chi connectivity index (χ0) is 31.5. The number of carbonyl (C=O) groups excluding carboxylic acids is 3. The molecular weight excluding hydrogens is 568 g/mol. The summed E-state index contributed by atoms with van der Waals surface area (Å²) < 4.78 is 15.1. The molecule has 2 aromatic rings. The number of amides is 1. The summed E-state index contributed by atoms with van der Waals surface area (Å²) >= 11 is 5.79. The second-order valence-electron chi connectivity index (χ2n) is 8.52. The minimum Gasteiger partial charge on any atom is -0.492 e. The van der Waals surface area contributed by atoms with Crippen molar-refractivity contribution in [1.82, 2.24) is 20.6 Å². The van der Waals surface area contributed by atoms with E-state index in [2.05, 4.69) is 35.1 Å². The number of halogens is 1. The van der Waals surface area contributed by atoms with Crippen molar-refractivity contribution < 1.29 is 28.6 Å². The number of hydrogen-bond donors (Lipinski definition) is 5. The van der Waals surface area contributed by atoms with E-state index in [1.807, 2.05) is 38.1 Å². The molecule has 2 rings (SSSR count). The standard InChI is InChI=1S/C25H35ClN8O6.C2H6/c1-38-18(35)13-16(14-19(36)39-2)30-11-12-40-17-8-6-15(7-9-17)5-3-4-10-31-25(29)34-24(37)20-22(27)33-23(28)21(26)32-20;1-2/h6-9,16,30H,3-5,10-14H2,1-2H3,(H4,27,28,33)(H3,29,31,34,37);1-2H3. The minimum atomic E-state index is -0.687. The number of rotatable bonds is 15. The molecule has 42 heavy (non-hydrogen) atoms. The molecule has 1 amide bonds. The van der Waals surface area contributed by atoms with E-state index in [4.69, 9.17) is 33.5 Å². The highest BCUT2D eigenvalue weighted by atomic mass is 35.5. The Morgan fingerprint density at radius 3 is 2.19 bits per heavy atom. The number of anilines is 2. The number of unbranched alkanes of at least 4 members (excludes halogenated alkanes) is 1. The maximum absolute atomic E-state index is 12.3. The summed E-state index contributed by atoms with van der Waals surface area (Å²) in [6.45, 7) is 5.19. The molecule has 8 N–H and O–H groups in total. The molecule has 0 aliphatic rings. The molecule has 1 aromatic carbocycles. The third-order valence-corrected chi connectivity index (χ3v) is 5.80. The molecule has 0 spiro atoms. The molecule has 0 bridgehead atoms. The van der Waals surface area contributed by atoms with Crippen LogP contribution in [-0.2, 0) is 25.5 Å². The molecule has 232 valence electrons. The van der Waals surface area contributed by atoms with Gasteiger partial charge >= 0.3 is 11.9 Å². The monoisotopic (exact) mass is 608 g/mol. The van der Waals surface area contributed by atoms with E-state index >= 15 is 0 Å². The summed E-state index contributed by atoms with van der Waals surface area (Å²) in [6.07, 6.45) is 2.52. The largest absolute Gasteiger partial charge is 0.492 e. The normalized spacial score (nSPS) is 10.9. The van der Waals surface area contributed by atoms with E-state index in [0.29, 0.717) is 25.4 Å². The van der Waals surface area contributed by atoms with Gasteiger partial charge in [-0.1, -0.05) is 37.6 Å². The number of nitrogen functional groups attached to an aromatic ring is 2. The van der Waals surface area contributed by atoms with Crippen molar-refractivity contribution in [3.63, 3.8) is 0 Å². The van der Waals surface area contributed by atoms with Crippen LogP contribution in [0.1, 0.15) is 55.6 Å². The van der Waals surface area contributed by atoms with Crippen LogP contribution in [0.25, 0.3) is 0 Å². The van der Waals surface area contributed by atoms with E-state index in [9.17, 15) is 14.4 Å². The Bertz CT molecular complexity index is 1160. The Morgan fingerprint density at radius 2 is 1.60 bits per heavy atom. The van der Waals surface area contributed by atoms with Crippen molar-refractivity contribution in [2.45, 2.75) is 52.0 Å². The van der Waals surface area contributed by atoms with Crippen molar-refractivity contribution >= 4 is 47.0 Å². The van der Waals surface area contributed by atoms with E-state index in [-0.39, 0.29) is 41.3 Å². The lowest BCUT2D eigenvalue weighted by molar-refractivity contribution is -0.143. The highest BCUT2D eigenvalue weighted by molar-refractivity contribution is 6.31. The van der Waals surface area contributed by atoms with Gasteiger partial charge in [-0.25, -0.2) is 9.97 Å². The van der Waals surface area contributed by atoms with Crippen molar-refractivity contribution in [2.24, 2.45) is 10.7 Å². The second kappa shape index (κ2) is 19.8. The fraction of sp³-hybridized carbons (Fsp3) is 0.481. The molecule has 0 aliphatic heterocycles. The summed E-state index contributed by atoms with van der Waals surface area (Å²) in [4.78, 5) is 47.0. The average molecular weight is 609 g/mol. The Labute approximate surface area is 250 Å². The summed E-state index contributed by atoms with van der Waals surface area (Å²) in [5, 5.41) is 5.37. The highest BCUT2D eigenvalue weighted by Gasteiger charge is 2.18. The van der Waals surface area contributed by atoms with Crippen molar-refractivity contribution in [2.75, 3.05) is 45.4 Å². The molecule has 0 atom stereocenters. The van der Waals surface area contributed by atoms with E-state index < -0.39 is 23.9 Å². The minimum absolute atomic E-state index is 0.0517. The molecule has 14 nitrogen and oxygen atoms in total. The fourth-order valence-electron chi connectivity index (χ4n) is 3.43.